The summed E-state index contributed by atoms with van der Waals surface area (Å²) in [6.45, 7) is 7.51. The van der Waals surface area contributed by atoms with Gasteiger partial charge in [-0.1, -0.05) is 30.3 Å². The zero-order valence-corrected chi connectivity index (χ0v) is 16.4. The van der Waals surface area contributed by atoms with Gasteiger partial charge in [-0.3, -0.25) is 4.79 Å². The molecule has 0 unspecified atom stereocenters. The number of esters is 1. The normalized spacial score (nSPS) is 11.0. The molecule has 0 bridgehead atoms. The number of aryl methyl sites for hydroxylation is 1. The van der Waals surface area contributed by atoms with Crippen molar-refractivity contribution in [1.29, 1.82) is 0 Å². The number of ether oxygens (including phenoxy) is 2. The molecule has 0 heterocycles. The Balaban J connectivity index is 0.000000304. The molecule has 0 spiro atoms. The standard InChI is InChI=1S/C14H20N2O4.C7H6/c1-14(2,3)20-11(17)8-9-6-5-7-10(19-4)12(9)16-13(15)18;1-5-4-6-2-3-7(5)6/h5-7H,8H2,1-4H3,(H3,15,16,18);2-4H,1H3. The second-order valence-corrected chi connectivity index (χ2v) is 7.28. The molecule has 2 aliphatic rings. The quantitative estimate of drug-likeness (QED) is 0.678. The van der Waals surface area contributed by atoms with Crippen molar-refractivity contribution in [3.05, 3.63) is 47.5 Å². The maximum Gasteiger partial charge on any atom is 0.316 e. The minimum absolute atomic E-state index is 0.0179. The molecule has 6 nitrogen and oxygen atoms in total. The lowest BCUT2D eigenvalue weighted by molar-refractivity contribution is -0.153. The van der Waals surface area contributed by atoms with Gasteiger partial charge in [0.05, 0.1) is 19.2 Å². The third-order valence-electron chi connectivity index (χ3n) is 3.87. The first-order valence-electron chi connectivity index (χ1n) is 8.66. The van der Waals surface area contributed by atoms with Crippen LogP contribution in [0.15, 0.2) is 36.4 Å². The van der Waals surface area contributed by atoms with E-state index >= 15 is 0 Å². The Morgan fingerprint density at radius 1 is 1.15 bits per heavy atom. The number of fused-ring (bicyclic) bond motifs is 1. The third kappa shape index (κ3) is 5.48. The number of nitrogens with one attached hydrogen (secondary N) is 1. The number of methoxy groups -OCH3 is 1. The highest BCUT2D eigenvalue weighted by atomic mass is 16.6. The third-order valence-corrected chi connectivity index (χ3v) is 3.87. The van der Waals surface area contributed by atoms with E-state index in [2.05, 4.69) is 30.4 Å². The van der Waals surface area contributed by atoms with Crippen LogP contribution in [0.1, 0.15) is 31.9 Å². The molecule has 144 valence electrons. The van der Waals surface area contributed by atoms with Gasteiger partial charge in [0.15, 0.2) is 0 Å². The fraction of sp³-hybridized carbons (Fsp3) is 0.333. The molecule has 0 radical (unpaired) electrons. The Kier molecular flexibility index (Phi) is 6.10. The van der Waals surface area contributed by atoms with Gasteiger partial charge in [0.25, 0.3) is 0 Å². The van der Waals surface area contributed by atoms with E-state index < -0.39 is 17.6 Å². The van der Waals surface area contributed by atoms with E-state index in [1.54, 1.807) is 39.0 Å². The van der Waals surface area contributed by atoms with Crippen molar-refractivity contribution in [2.75, 3.05) is 12.4 Å². The van der Waals surface area contributed by atoms with Gasteiger partial charge in [0, 0.05) is 0 Å². The lowest BCUT2D eigenvalue weighted by Crippen LogP contribution is -2.26. The van der Waals surface area contributed by atoms with Crippen molar-refractivity contribution >= 4 is 17.7 Å². The van der Waals surface area contributed by atoms with E-state index in [0.717, 1.165) is 0 Å². The number of hydrogen-bond donors (Lipinski definition) is 2. The number of carbonyl (C=O) groups excluding carboxylic acids is 2. The van der Waals surface area contributed by atoms with Crippen LogP contribution < -0.4 is 15.8 Å². The van der Waals surface area contributed by atoms with Gasteiger partial charge in [0.1, 0.15) is 11.4 Å². The Labute approximate surface area is 159 Å². The number of anilines is 1. The number of amides is 2. The van der Waals surface area contributed by atoms with Crippen LogP contribution in [0.5, 0.6) is 5.75 Å². The number of primary amides is 1. The number of hydrogen-bond acceptors (Lipinski definition) is 4. The highest BCUT2D eigenvalue weighted by Crippen LogP contribution is 2.35. The number of benzene rings is 2. The SMILES string of the molecule is COc1cccc(CC(=O)OC(C)(C)C)c1NC(N)=O.Cc1cc2ccc1-2. The minimum Gasteiger partial charge on any atom is -0.495 e. The summed E-state index contributed by atoms with van der Waals surface area (Å²) in [6, 6.07) is 10.9. The average molecular weight is 370 g/mol. The molecule has 1 aromatic carbocycles. The molecule has 2 aliphatic carbocycles. The first kappa shape index (κ1) is 20.3. The van der Waals surface area contributed by atoms with Gasteiger partial charge < -0.3 is 20.5 Å². The average Bonchev–Trinajstić information content (AvgIpc) is 2.52. The molecule has 0 saturated heterocycles. The van der Waals surface area contributed by atoms with Crippen LogP contribution in [0, 0.1) is 6.92 Å². The maximum absolute atomic E-state index is 11.9. The van der Waals surface area contributed by atoms with Crippen LogP contribution in [-0.4, -0.2) is 24.7 Å². The lowest BCUT2D eigenvalue weighted by Gasteiger charge is -2.20. The van der Waals surface area contributed by atoms with Gasteiger partial charge >= 0.3 is 12.0 Å². The molecule has 0 aromatic heterocycles. The lowest BCUT2D eigenvalue weighted by atomic mass is 9.88. The maximum atomic E-state index is 11.9. The summed E-state index contributed by atoms with van der Waals surface area (Å²) in [5.74, 6) is 0.0446. The molecule has 27 heavy (non-hydrogen) atoms. The van der Waals surface area contributed by atoms with Crippen molar-refractivity contribution in [3.63, 3.8) is 0 Å². The summed E-state index contributed by atoms with van der Waals surface area (Å²) >= 11 is 0. The molecule has 6 heteroatoms. The monoisotopic (exact) mass is 370 g/mol. The molecule has 0 fully saturated rings. The van der Waals surface area contributed by atoms with Crippen LogP contribution in [0.4, 0.5) is 10.5 Å². The first-order valence-corrected chi connectivity index (χ1v) is 8.66. The minimum atomic E-state index is -0.722. The number of urea groups is 1. The van der Waals surface area contributed by atoms with Gasteiger partial charge in [-0.25, -0.2) is 4.79 Å². The van der Waals surface area contributed by atoms with Crippen molar-refractivity contribution in [2.24, 2.45) is 5.73 Å². The fourth-order valence-electron chi connectivity index (χ4n) is 2.67. The number of nitrogens with two attached hydrogens (primary N) is 1. The molecule has 3 rings (SSSR count). The molecular weight excluding hydrogens is 344 g/mol. The second-order valence-electron chi connectivity index (χ2n) is 7.28. The summed E-state index contributed by atoms with van der Waals surface area (Å²) < 4.78 is 10.4. The highest BCUT2D eigenvalue weighted by molar-refractivity contribution is 5.92. The highest BCUT2D eigenvalue weighted by Gasteiger charge is 2.19. The van der Waals surface area contributed by atoms with Crippen molar-refractivity contribution in [2.45, 2.75) is 39.7 Å². The molecule has 2 amide bonds. The van der Waals surface area contributed by atoms with Gasteiger partial charge in [-0.05, 0) is 56.0 Å². The summed E-state index contributed by atoms with van der Waals surface area (Å²) in [6.07, 6.45) is 0.0179. The zero-order chi connectivity index (χ0) is 20.2. The van der Waals surface area contributed by atoms with Crippen LogP contribution in [-0.2, 0) is 16.0 Å². The number of para-hydroxylation sites is 1. The zero-order valence-electron chi connectivity index (χ0n) is 16.4. The Morgan fingerprint density at radius 3 is 2.22 bits per heavy atom. The van der Waals surface area contributed by atoms with E-state index in [9.17, 15) is 9.59 Å². The van der Waals surface area contributed by atoms with Crippen molar-refractivity contribution in [3.8, 4) is 16.9 Å². The second kappa shape index (κ2) is 8.12. The molecular formula is C21H26N2O4. The topological polar surface area (TPSA) is 90.7 Å². The summed E-state index contributed by atoms with van der Waals surface area (Å²) in [4.78, 5) is 22.9. The predicted molar refractivity (Wildman–Crippen MR) is 106 cm³/mol. The molecule has 0 atom stereocenters. The largest absolute Gasteiger partial charge is 0.495 e. The summed E-state index contributed by atoms with van der Waals surface area (Å²) in [7, 11) is 1.47. The van der Waals surface area contributed by atoms with E-state index in [-0.39, 0.29) is 6.42 Å². The van der Waals surface area contributed by atoms with E-state index in [1.165, 1.54) is 23.8 Å². The predicted octanol–water partition coefficient (Wildman–Crippen LogP) is 4.05. The van der Waals surface area contributed by atoms with Gasteiger partial charge in [0.2, 0.25) is 0 Å². The molecule has 3 N–H and O–H groups in total. The number of carbonyl (C=O) groups is 2. The van der Waals surface area contributed by atoms with Crippen molar-refractivity contribution in [1.82, 2.24) is 0 Å². The van der Waals surface area contributed by atoms with Crippen LogP contribution in [0.25, 0.3) is 11.1 Å². The Bertz CT molecular complexity index is 854. The van der Waals surface area contributed by atoms with E-state index in [0.29, 0.717) is 17.0 Å². The molecule has 0 aliphatic heterocycles. The van der Waals surface area contributed by atoms with Crippen LogP contribution in [0.3, 0.4) is 0 Å². The van der Waals surface area contributed by atoms with E-state index in [4.69, 9.17) is 15.2 Å². The molecule has 0 saturated carbocycles. The summed E-state index contributed by atoms with van der Waals surface area (Å²) in [5, 5.41) is 2.47. The number of rotatable bonds is 4. The van der Waals surface area contributed by atoms with E-state index in [1.807, 2.05) is 0 Å². The molecule has 1 aromatic rings. The van der Waals surface area contributed by atoms with Gasteiger partial charge in [-0.15, -0.1) is 0 Å². The van der Waals surface area contributed by atoms with Gasteiger partial charge in [-0.2, -0.15) is 0 Å². The summed E-state index contributed by atoms with van der Waals surface area (Å²) in [5.41, 5.74) is 9.89. The first-order chi connectivity index (χ1) is 12.6. The Hall–Kier alpha value is -3.02. The van der Waals surface area contributed by atoms with Crippen molar-refractivity contribution < 1.29 is 19.1 Å². The smallest absolute Gasteiger partial charge is 0.316 e. The van der Waals surface area contributed by atoms with Crippen LogP contribution >= 0.6 is 0 Å². The van der Waals surface area contributed by atoms with Crippen LogP contribution in [0.2, 0.25) is 0 Å². The Morgan fingerprint density at radius 2 is 1.85 bits per heavy atom. The fourth-order valence-corrected chi connectivity index (χ4v) is 2.67.